The van der Waals surface area contributed by atoms with Crippen LogP contribution < -0.4 is 5.32 Å². The molecule has 0 heterocycles. The number of halogens is 2. The Balaban J connectivity index is 2.07. The molecule has 2 atom stereocenters. The Labute approximate surface area is 115 Å². The third-order valence-corrected chi connectivity index (χ3v) is 4.13. The van der Waals surface area contributed by atoms with Crippen LogP contribution in [0.1, 0.15) is 25.7 Å². The fourth-order valence-electron chi connectivity index (χ4n) is 2.09. The highest BCUT2D eigenvalue weighted by atomic mass is 127. The molecule has 1 fully saturated rings. The minimum absolute atomic E-state index is 0.184. The molecule has 0 bridgehead atoms. The zero-order chi connectivity index (χ0) is 11.5. The van der Waals surface area contributed by atoms with Gasteiger partial charge in [0.1, 0.15) is 0 Å². The van der Waals surface area contributed by atoms with Crippen LogP contribution in [0.2, 0.25) is 5.02 Å². The number of benzene rings is 1. The first-order valence-corrected chi connectivity index (χ1v) is 7.02. The van der Waals surface area contributed by atoms with Crippen LogP contribution in [-0.2, 0) is 0 Å². The molecule has 0 radical (unpaired) electrons. The highest BCUT2D eigenvalue weighted by Crippen LogP contribution is 2.26. The summed E-state index contributed by atoms with van der Waals surface area (Å²) in [5, 5.41) is 14.0. The standard InChI is InChI=1S/C12H15ClINO/c13-8-5-6-10(9(14)7-8)15-11-3-1-2-4-12(11)16/h5-7,11-12,15-16H,1-4H2/t11-,12-/m0/s1. The molecule has 0 unspecified atom stereocenters. The molecule has 88 valence electrons. The van der Waals surface area contributed by atoms with E-state index in [1.165, 1.54) is 6.42 Å². The highest BCUT2D eigenvalue weighted by Gasteiger charge is 2.23. The van der Waals surface area contributed by atoms with Crippen LogP contribution in [0, 0.1) is 3.57 Å². The van der Waals surface area contributed by atoms with Crippen molar-refractivity contribution in [2.24, 2.45) is 0 Å². The Morgan fingerprint density at radius 3 is 2.75 bits per heavy atom. The normalized spacial score (nSPS) is 25.4. The van der Waals surface area contributed by atoms with Crippen molar-refractivity contribution in [3.05, 3.63) is 26.8 Å². The van der Waals surface area contributed by atoms with Crippen molar-refractivity contribution >= 4 is 39.9 Å². The van der Waals surface area contributed by atoms with Gasteiger partial charge in [0.2, 0.25) is 0 Å². The number of nitrogens with one attached hydrogen (secondary N) is 1. The fraction of sp³-hybridized carbons (Fsp3) is 0.500. The molecular weight excluding hydrogens is 336 g/mol. The SMILES string of the molecule is O[C@H]1CCCC[C@@H]1Nc1ccc(Cl)cc1I. The van der Waals surface area contributed by atoms with Crippen LogP contribution >= 0.6 is 34.2 Å². The van der Waals surface area contributed by atoms with E-state index in [1.807, 2.05) is 18.2 Å². The van der Waals surface area contributed by atoms with Crippen LogP contribution in [-0.4, -0.2) is 17.3 Å². The second-order valence-corrected chi connectivity index (χ2v) is 5.83. The summed E-state index contributed by atoms with van der Waals surface area (Å²) in [4.78, 5) is 0. The Bertz CT molecular complexity index is 372. The molecule has 1 aromatic carbocycles. The Hall–Kier alpha value is -0.000000000000000111. The molecule has 4 heteroatoms. The number of anilines is 1. The smallest absolute Gasteiger partial charge is 0.0741 e. The quantitative estimate of drug-likeness (QED) is 0.797. The summed E-state index contributed by atoms with van der Waals surface area (Å²) >= 11 is 8.17. The maximum absolute atomic E-state index is 9.88. The second kappa shape index (κ2) is 5.56. The van der Waals surface area contributed by atoms with Crippen molar-refractivity contribution in [3.8, 4) is 0 Å². The van der Waals surface area contributed by atoms with Crippen LogP contribution in [0.5, 0.6) is 0 Å². The maximum Gasteiger partial charge on any atom is 0.0741 e. The van der Waals surface area contributed by atoms with Crippen molar-refractivity contribution in [1.82, 2.24) is 0 Å². The maximum atomic E-state index is 9.88. The Kier molecular flexibility index (Phi) is 4.33. The Morgan fingerprint density at radius 2 is 2.06 bits per heavy atom. The molecule has 0 spiro atoms. The van der Waals surface area contributed by atoms with Gasteiger partial charge in [0.15, 0.2) is 0 Å². The lowest BCUT2D eigenvalue weighted by Gasteiger charge is -2.29. The van der Waals surface area contributed by atoms with Gasteiger partial charge < -0.3 is 10.4 Å². The predicted octanol–water partition coefficient (Wildman–Crippen LogP) is 3.66. The van der Waals surface area contributed by atoms with E-state index in [0.717, 1.165) is 33.5 Å². The van der Waals surface area contributed by atoms with Crippen LogP contribution in [0.4, 0.5) is 5.69 Å². The summed E-state index contributed by atoms with van der Waals surface area (Å²) in [7, 11) is 0. The predicted molar refractivity (Wildman–Crippen MR) is 76.1 cm³/mol. The number of hydrogen-bond donors (Lipinski definition) is 2. The van der Waals surface area contributed by atoms with E-state index < -0.39 is 0 Å². The number of aliphatic hydroxyl groups excluding tert-OH is 1. The van der Waals surface area contributed by atoms with E-state index in [0.29, 0.717) is 0 Å². The molecule has 0 saturated heterocycles. The summed E-state index contributed by atoms with van der Waals surface area (Å²) in [6.07, 6.45) is 4.05. The van der Waals surface area contributed by atoms with Crippen molar-refractivity contribution in [2.45, 2.75) is 37.8 Å². The van der Waals surface area contributed by atoms with Gasteiger partial charge in [-0.2, -0.15) is 0 Å². The van der Waals surface area contributed by atoms with Crippen LogP contribution in [0.25, 0.3) is 0 Å². The molecule has 0 aromatic heterocycles. The largest absolute Gasteiger partial charge is 0.391 e. The average Bonchev–Trinajstić information content (AvgIpc) is 2.25. The summed E-state index contributed by atoms with van der Waals surface area (Å²) in [6.45, 7) is 0. The molecule has 1 saturated carbocycles. The van der Waals surface area contributed by atoms with Gasteiger partial charge in [0, 0.05) is 14.3 Å². The van der Waals surface area contributed by atoms with E-state index in [9.17, 15) is 5.11 Å². The van der Waals surface area contributed by atoms with Crippen molar-refractivity contribution in [2.75, 3.05) is 5.32 Å². The first kappa shape index (κ1) is 12.5. The summed E-state index contributed by atoms with van der Waals surface area (Å²) < 4.78 is 1.10. The third-order valence-electron chi connectivity index (χ3n) is 3.00. The van der Waals surface area contributed by atoms with Gasteiger partial charge in [-0.1, -0.05) is 24.4 Å². The molecule has 1 aliphatic carbocycles. The summed E-state index contributed by atoms with van der Waals surface area (Å²) in [6, 6.07) is 5.97. The van der Waals surface area contributed by atoms with Gasteiger partial charge in [0.05, 0.1) is 12.1 Å². The highest BCUT2D eigenvalue weighted by molar-refractivity contribution is 14.1. The van der Waals surface area contributed by atoms with Crippen LogP contribution in [0.3, 0.4) is 0 Å². The number of hydrogen-bond acceptors (Lipinski definition) is 2. The van der Waals surface area contributed by atoms with Gasteiger partial charge >= 0.3 is 0 Å². The molecule has 2 N–H and O–H groups in total. The Morgan fingerprint density at radius 1 is 1.31 bits per heavy atom. The van der Waals surface area contributed by atoms with Crippen molar-refractivity contribution in [1.29, 1.82) is 0 Å². The zero-order valence-corrected chi connectivity index (χ0v) is 11.8. The lowest BCUT2D eigenvalue weighted by atomic mass is 9.92. The van der Waals surface area contributed by atoms with E-state index in [4.69, 9.17) is 11.6 Å². The molecule has 1 aromatic rings. The fourth-order valence-corrected chi connectivity index (χ4v) is 3.11. The molecule has 0 amide bonds. The molecule has 2 nitrogen and oxygen atoms in total. The lowest BCUT2D eigenvalue weighted by Crippen LogP contribution is -2.36. The van der Waals surface area contributed by atoms with Gasteiger partial charge in [0.25, 0.3) is 0 Å². The lowest BCUT2D eigenvalue weighted by molar-refractivity contribution is 0.116. The average molecular weight is 352 g/mol. The molecular formula is C12H15ClINO. The minimum Gasteiger partial charge on any atom is -0.391 e. The summed E-state index contributed by atoms with van der Waals surface area (Å²) in [5.74, 6) is 0. The van der Waals surface area contributed by atoms with Crippen LogP contribution in [0.15, 0.2) is 18.2 Å². The first-order chi connectivity index (χ1) is 7.66. The van der Waals surface area contributed by atoms with Gasteiger partial charge in [-0.05, 0) is 53.6 Å². The topological polar surface area (TPSA) is 32.3 Å². The third kappa shape index (κ3) is 3.02. The molecule has 0 aliphatic heterocycles. The first-order valence-electron chi connectivity index (χ1n) is 5.56. The van der Waals surface area contributed by atoms with Crippen molar-refractivity contribution < 1.29 is 5.11 Å². The van der Waals surface area contributed by atoms with Gasteiger partial charge in [-0.3, -0.25) is 0 Å². The van der Waals surface area contributed by atoms with Gasteiger partial charge in [-0.15, -0.1) is 0 Å². The number of aliphatic hydroxyl groups is 1. The molecule has 1 aliphatic rings. The van der Waals surface area contributed by atoms with Gasteiger partial charge in [-0.25, -0.2) is 0 Å². The van der Waals surface area contributed by atoms with E-state index in [2.05, 4.69) is 27.9 Å². The monoisotopic (exact) mass is 351 g/mol. The van der Waals surface area contributed by atoms with E-state index >= 15 is 0 Å². The molecule has 16 heavy (non-hydrogen) atoms. The number of rotatable bonds is 2. The second-order valence-electron chi connectivity index (χ2n) is 4.23. The zero-order valence-electron chi connectivity index (χ0n) is 8.92. The minimum atomic E-state index is -0.222. The van der Waals surface area contributed by atoms with Crippen molar-refractivity contribution in [3.63, 3.8) is 0 Å². The summed E-state index contributed by atoms with van der Waals surface area (Å²) in [5.41, 5.74) is 1.07. The van der Waals surface area contributed by atoms with E-state index in [-0.39, 0.29) is 12.1 Å². The van der Waals surface area contributed by atoms with E-state index in [1.54, 1.807) is 0 Å². The molecule has 2 rings (SSSR count).